The maximum absolute atomic E-state index is 12.4. The van der Waals surface area contributed by atoms with Crippen molar-refractivity contribution in [1.82, 2.24) is 19.8 Å². The predicted octanol–water partition coefficient (Wildman–Crippen LogP) is 0.627. The van der Waals surface area contributed by atoms with Crippen LogP contribution in [-0.4, -0.2) is 71.4 Å². The van der Waals surface area contributed by atoms with E-state index in [0.717, 1.165) is 25.3 Å². The summed E-state index contributed by atoms with van der Waals surface area (Å²) in [6.45, 7) is 6.49. The highest BCUT2D eigenvalue weighted by atomic mass is 16.2. The van der Waals surface area contributed by atoms with Crippen LogP contribution in [0.25, 0.3) is 0 Å². The number of hydrogen-bond donors (Lipinski definition) is 0. The average Bonchev–Trinajstić information content (AvgIpc) is 2.61. The molecule has 1 unspecified atom stereocenters. The smallest absolute Gasteiger partial charge is 0.274 e. The lowest BCUT2D eigenvalue weighted by Crippen LogP contribution is -2.48. The number of aromatic nitrogens is 2. The second-order valence-electron chi connectivity index (χ2n) is 6.39. The molecule has 124 valence electrons. The largest absolute Gasteiger partial charge is 0.355 e. The third-order valence-corrected chi connectivity index (χ3v) is 4.59. The molecule has 2 amide bonds. The van der Waals surface area contributed by atoms with Crippen molar-refractivity contribution in [3.8, 4) is 0 Å². The molecule has 1 atom stereocenters. The summed E-state index contributed by atoms with van der Waals surface area (Å²) >= 11 is 0. The average molecular weight is 317 g/mol. The summed E-state index contributed by atoms with van der Waals surface area (Å²) in [4.78, 5) is 37.5. The van der Waals surface area contributed by atoms with Gasteiger partial charge in [0.2, 0.25) is 6.41 Å². The number of nitrogens with zero attached hydrogens (tertiary/aromatic N) is 5. The number of carbonyl (C=O) groups is 2. The molecule has 0 spiro atoms. The van der Waals surface area contributed by atoms with Gasteiger partial charge in [-0.15, -0.1) is 0 Å². The molecular weight excluding hydrogens is 294 g/mol. The van der Waals surface area contributed by atoms with Gasteiger partial charge in [-0.25, -0.2) is 9.97 Å². The third kappa shape index (κ3) is 3.60. The van der Waals surface area contributed by atoms with Gasteiger partial charge in [-0.05, 0) is 18.8 Å². The molecule has 7 nitrogen and oxygen atoms in total. The summed E-state index contributed by atoms with van der Waals surface area (Å²) in [6, 6.07) is 0. The zero-order valence-corrected chi connectivity index (χ0v) is 13.5. The topological polar surface area (TPSA) is 69.6 Å². The normalized spacial score (nSPS) is 22.1. The van der Waals surface area contributed by atoms with Gasteiger partial charge in [0, 0.05) is 39.3 Å². The maximum Gasteiger partial charge on any atom is 0.274 e. The third-order valence-electron chi connectivity index (χ3n) is 4.59. The molecule has 2 saturated heterocycles. The van der Waals surface area contributed by atoms with E-state index in [4.69, 9.17) is 0 Å². The molecule has 0 N–H and O–H groups in total. The molecular formula is C16H23N5O2. The van der Waals surface area contributed by atoms with Crippen molar-refractivity contribution in [3.63, 3.8) is 0 Å². The lowest BCUT2D eigenvalue weighted by atomic mass is 10.0. The molecule has 0 radical (unpaired) electrons. The van der Waals surface area contributed by atoms with Gasteiger partial charge >= 0.3 is 0 Å². The molecule has 2 aliphatic heterocycles. The van der Waals surface area contributed by atoms with Crippen molar-refractivity contribution in [1.29, 1.82) is 0 Å². The summed E-state index contributed by atoms with van der Waals surface area (Å²) in [7, 11) is 0. The quantitative estimate of drug-likeness (QED) is 0.765. The van der Waals surface area contributed by atoms with Crippen molar-refractivity contribution in [3.05, 3.63) is 18.1 Å². The van der Waals surface area contributed by atoms with E-state index in [1.54, 1.807) is 22.2 Å². The van der Waals surface area contributed by atoms with E-state index in [1.165, 1.54) is 12.8 Å². The number of hydrogen-bond acceptors (Lipinski definition) is 5. The van der Waals surface area contributed by atoms with Crippen LogP contribution in [0.3, 0.4) is 0 Å². The SMILES string of the molecule is CC1CCCN(c2cnc(C(=O)N3CCN(C=O)CC3)cn2)C1. The van der Waals surface area contributed by atoms with Gasteiger partial charge in [0.1, 0.15) is 11.5 Å². The van der Waals surface area contributed by atoms with E-state index < -0.39 is 0 Å². The Morgan fingerprint density at radius 3 is 2.57 bits per heavy atom. The number of piperazine rings is 1. The summed E-state index contributed by atoms with van der Waals surface area (Å²) < 4.78 is 0. The van der Waals surface area contributed by atoms with Gasteiger partial charge < -0.3 is 14.7 Å². The molecule has 23 heavy (non-hydrogen) atoms. The molecule has 3 rings (SSSR count). The van der Waals surface area contributed by atoms with E-state index in [1.807, 2.05) is 0 Å². The zero-order valence-electron chi connectivity index (χ0n) is 13.5. The highest BCUT2D eigenvalue weighted by Crippen LogP contribution is 2.20. The molecule has 0 bridgehead atoms. The molecule has 1 aromatic heterocycles. The highest BCUT2D eigenvalue weighted by molar-refractivity contribution is 5.92. The lowest BCUT2D eigenvalue weighted by molar-refractivity contribution is -0.119. The van der Waals surface area contributed by atoms with Crippen LogP contribution in [0, 0.1) is 5.92 Å². The van der Waals surface area contributed by atoms with Gasteiger partial charge in [-0.3, -0.25) is 9.59 Å². The van der Waals surface area contributed by atoms with Crippen LogP contribution in [0.1, 0.15) is 30.3 Å². The molecule has 3 heterocycles. The van der Waals surface area contributed by atoms with Crippen molar-refractivity contribution in [2.75, 3.05) is 44.2 Å². The number of rotatable bonds is 3. The Balaban J connectivity index is 1.62. The lowest BCUT2D eigenvalue weighted by Gasteiger charge is -2.33. The molecule has 2 aliphatic rings. The van der Waals surface area contributed by atoms with Crippen LogP contribution in [-0.2, 0) is 4.79 Å². The molecule has 0 aromatic carbocycles. The van der Waals surface area contributed by atoms with Crippen LogP contribution < -0.4 is 4.90 Å². The summed E-state index contributed by atoms with van der Waals surface area (Å²) in [6.07, 6.45) is 6.53. The van der Waals surface area contributed by atoms with Crippen LogP contribution in [0.15, 0.2) is 12.4 Å². The molecule has 7 heteroatoms. The van der Waals surface area contributed by atoms with Crippen molar-refractivity contribution >= 4 is 18.1 Å². The first-order valence-electron chi connectivity index (χ1n) is 8.23. The molecule has 0 aliphatic carbocycles. The van der Waals surface area contributed by atoms with Gasteiger partial charge in [0.15, 0.2) is 0 Å². The minimum absolute atomic E-state index is 0.110. The fourth-order valence-corrected chi connectivity index (χ4v) is 3.18. The van der Waals surface area contributed by atoms with E-state index in [9.17, 15) is 9.59 Å². The number of piperidine rings is 1. The fourth-order valence-electron chi connectivity index (χ4n) is 3.18. The van der Waals surface area contributed by atoms with Gasteiger partial charge in [0.05, 0.1) is 12.4 Å². The maximum atomic E-state index is 12.4. The minimum atomic E-state index is -0.110. The second-order valence-corrected chi connectivity index (χ2v) is 6.39. The van der Waals surface area contributed by atoms with Gasteiger partial charge in [-0.2, -0.15) is 0 Å². The Morgan fingerprint density at radius 2 is 1.96 bits per heavy atom. The highest BCUT2D eigenvalue weighted by Gasteiger charge is 2.23. The second kappa shape index (κ2) is 6.93. The standard InChI is InChI=1S/C16H23N5O2/c1-13-3-2-4-21(11-13)15-10-17-14(9-18-15)16(23)20-7-5-19(12-22)6-8-20/h9-10,12-13H,2-8,11H2,1H3. The zero-order chi connectivity index (χ0) is 16.2. The molecule has 2 fully saturated rings. The fraction of sp³-hybridized carbons (Fsp3) is 0.625. The van der Waals surface area contributed by atoms with Crippen LogP contribution in [0.5, 0.6) is 0 Å². The Morgan fingerprint density at radius 1 is 1.17 bits per heavy atom. The summed E-state index contributed by atoms with van der Waals surface area (Å²) in [5.41, 5.74) is 0.373. The van der Waals surface area contributed by atoms with Crippen molar-refractivity contribution in [2.45, 2.75) is 19.8 Å². The Bertz CT molecular complexity index is 554. The number of anilines is 1. The van der Waals surface area contributed by atoms with Gasteiger partial charge in [-0.1, -0.05) is 6.92 Å². The minimum Gasteiger partial charge on any atom is -0.355 e. The Kier molecular flexibility index (Phi) is 4.73. The summed E-state index contributed by atoms with van der Waals surface area (Å²) in [5, 5.41) is 0. The van der Waals surface area contributed by atoms with E-state index in [0.29, 0.717) is 37.8 Å². The Hall–Kier alpha value is -2.18. The van der Waals surface area contributed by atoms with E-state index in [-0.39, 0.29) is 5.91 Å². The van der Waals surface area contributed by atoms with E-state index >= 15 is 0 Å². The van der Waals surface area contributed by atoms with Crippen LogP contribution >= 0.6 is 0 Å². The predicted molar refractivity (Wildman–Crippen MR) is 86.2 cm³/mol. The molecule has 0 saturated carbocycles. The van der Waals surface area contributed by atoms with Gasteiger partial charge in [0.25, 0.3) is 5.91 Å². The van der Waals surface area contributed by atoms with E-state index in [2.05, 4.69) is 21.8 Å². The van der Waals surface area contributed by atoms with Crippen molar-refractivity contribution in [2.24, 2.45) is 5.92 Å². The first-order chi connectivity index (χ1) is 11.2. The number of amides is 2. The van der Waals surface area contributed by atoms with Crippen LogP contribution in [0.2, 0.25) is 0 Å². The first kappa shape index (κ1) is 15.7. The van der Waals surface area contributed by atoms with Crippen molar-refractivity contribution < 1.29 is 9.59 Å². The van der Waals surface area contributed by atoms with Crippen LogP contribution in [0.4, 0.5) is 5.82 Å². The molecule has 1 aromatic rings. The summed E-state index contributed by atoms with van der Waals surface area (Å²) in [5.74, 6) is 1.40. The monoisotopic (exact) mass is 317 g/mol. The first-order valence-corrected chi connectivity index (χ1v) is 8.23. The number of carbonyl (C=O) groups excluding carboxylic acids is 2. The Labute approximate surface area is 136 Å².